The first-order chi connectivity index (χ1) is 11.8. The van der Waals surface area contributed by atoms with Gasteiger partial charge in [0.1, 0.15) is 0 Å². The van der Waals surface area contributed by atoms with Crippen LogP contribution in [0.4, 0.5) is 5.69 Å². The lowest BCUT2D eigenvalue weighted by Gasteiger charge is -2.24. The molecule has 25 heavy (non-hydrogen) atoms. The first kappa shape index (κ1) is 19.2. The van der Waals surface area contributed by atoms with Crippen molar-refractivity contribution in [3.63, 3.8) is 0 Å². The molecule has 2 rings (SSSR count). The average Bonchev–Trinajstić information content (AvgIpc) is 2.94. The van der Waals surface area contributed by atoms with Gasteiger partial charge in [-0.05, 0) is 54.7 Å². The second-order valence-corrected chi connectivity index (χ2v) is 8.11. The summed E-state index contributed by atoms with van der Waals surface area (Å²) < 4.78 is 0. The Morgan fingerprint density at radius 1 is 1.28 bits per heavy atom. The molecule has 1 aromatic rings. The summed E-state index contributed by atoms with van der Waals surface area (Å²) in [4.78, 5) is 25.4. The zero-order chi connectivity index (χ0) is 18.4. The summed E-state index contributed by atoms with van der Waals surface area (Å²) in [5, 5.41) is 0. The van der Waals surface area contributed by atoms with E-state index in [0.717, 1.165) is 37.9 Å². The summed E-state index contributed by atoms with van der Waals surface area (Å²) in [6.07, 6.45) is 7.67. The quantitative estimate of drug-likeness (QED) is 0.765. The van der Waals surface area contributed by atoms with Crippen LogP contribution >= 0.6 is 0 Å². The monoisotopic (exact) mass is 342 g/mol. The molecular formula is C21H30N2O2. The van der Waals surface area contributed by atoms with Crippen LogP contribution in [0.5, 0.6) is 0 Å². The highest BCUT2D eigenvalue weighted by molar-refractivity contribution is 6.02. The van der Waals surface area contributed by atoms with E-state index in [9.17, 15) is 9.59 Å². The number of anilines is 1. The van der Waals surface area contributed by atoms with Crippen molar-refractivity contribution in [1.29, 1.82) is 0 Å². The lowest BCUT2D eigenvalue weighted by Crippen LogP contribution is -2.27. The molecule has 1 heterocycles. The molecule has 0 unspecified atom stereocenters. The number of para-hydroxylation sites is 1. The number of nitrogens with two attached hydrogens (primary N) is 1. The predicted octanol–water partition coefficient (Wildman–Crippen LogP) is 3.84. The van der Waals surface area contributed by atoms with Crippen molar-refractivity contribution in [2.45, 2.75) is 52.9 Å². The molecular weight excluding hydrogens is 312 g/mol. The number of fused-ring (bicyclic) bond motifs is 1. The predicted molar refractivity (Wildman–Crippen MR) is 102 cm³/mol. The Bertz CT molecular complexity index is 644. The average molecular weight is 342 g/mol. The minimum atomic E-state index is -0.261. The first-order valence-corrected chi connectivity index (χ1v) is 9.12. The van der Waals surface area contributed by atoms with Crippen molar-refractivity contribution >= 4 is 17.5 Å². The van der Waals surface area contributed by atoms with E-state index < -0.39 is 0 Å². The Hall–Kier alpha value is -2.10. The third-order valence-corrected chi connectivity index (χ3v) is 4.54. The van der Waals surface area contributed by atoms with Gasteiger partial charge in [0.15, 0.2) is 0 Å². The fourth-order valence-corrected chi connectivity index (χ4v) is 3.47. The van der Waals surface area contributed by atoms with E-state index in [1.165, 1.54) is 5.56 Å². The summed E-state index contributed by atoms with van der Waals surface area (Å²) >= 11 is 0. The van der Waals surface area contributed by atoms with Gasteiger partial charge in [-0.15, -0.1) is 0 Å². The Morgan fingerprint density at radius 2 is 2.00 bits per heavy atom. The molecule has 1 aliphatic rings. The molecule has 0 fully saturated rings. The van der Waals surface area contributed by atoms with Crippen molar-refractivity contribution in [2.24, 2.45) is 17.1 Å². The number of rotatable bonds is 7. The van der Waals surface area contributed by atoms with Gasteiger partial charge in [0, 0.05) is 18.7 Å². The molecule has 0 bridgehead atoms. The third-order valence-electron chi connectivity index (χ3n) is 4.54. The van der Waals surface area contributed by atoms with Crippen LogP contribution in [-0.2, 0) is 16.0 Å². The molecule has 1 atom stereocenters. The van der Waals surface area contributed by atoms with E-state index in [1.807, 2.05) is 29.2 Å². The standard InChI is InChI=1S/C21H30N2O2/c1-21(2,3)15-16(7-6-10-19(22)24)11-12-20(25)23-14-13-17-8-4-5-9-18(17)23/h4-5,8-9,11-12,16H,6-7,10,13-15H2,1-3H3,(H2,22,24)/t16-/m1/s1. The number of nitrogens with zero attached hydrogens (tertiary/aromatic N) is 1. The zero-order valence-corrected chi connectivity index (χ0v) is 15.6. The Balaban J connectivity index is 2.01. The SMILES string of the molecule is CC(C)(C)C[C@@H](C=CC(=O)N1CCc2ccccc21)CCCC(N)=O. The summed E-state index contributed by atoms with van der Waals surface area (Å²) in [5.74, 6) is 0.0585. The molecule has 136 valence electrons. The van der Waals surface area contributed by atoms with Gasteiger partial charge < -0.3 is 10.6 Å². The van der Waals surface area contributed by atoms with E-state index >= 15 is 0 Å². The summed E-state index contributed by atoms with van der Waals surface area (Å²) in [6, 6.07) is 8.08. The highest BCUT2D eigenvalue weighted by Gasteiger charge is 2.23. The smallest absolute Gasteiger partial charge is 0.250 e. The number of primary amides is 1. The number of amides is 2. The lowest BCUT2D eigenvalue weighted by molar-refractivity contribution is -0.118. The van der Waals surface area contributed by atoms with Crippen molar-refractivity contribution < 1.29 is 9.59 Å². The normalized spacial score (nSPS) is 15.4. The Kier molecular flexibility index (Phi) is 6.40. The van der Waals surface area contributed by atoms with Crippen molar-refractivity contribution in [1.82, 2.24) is 0 Å². The molecule has 1 aromatic carbocycles. The Morgan fingerprint density at radius 3 is 2.68 bits per heavy atom. The van der Waals surface area contributed by atoms with E-state index in [2.05, 4.69) is 26.8 Å². The number of hydrogen-bond acceptors (Lipinski definition) is 2. The molecule has 0 aromatic heterocycles. The van der Waals surface area contributed by atoms with Crippen LogP contribution in [0.2, 0.25) is 0 Å². The maximum absolute atomic E-state index is 12.6. The maximum atomic E-state index is 12.6. The maximum Gasteiger partial charge on any atom is 0.250 e. The molecule has 0 aliphatic carbocycles. The van der Waals surface area contributed by atoms with Crippen LogP contribution in [0.1, 0.15) is 52.0 Å². The first-order valence-electron chi connectivity index (χ1n) is 9.12. The molecule has 4 heteroatoms. The van der Waals surface area contributed by atoms with Crippen LogP contribution in [0.25, 0.3) is 0 Å². The van der Waals surface area contributed by atoms with Gasteiger partial charge in [0.2, 0.25) is 5.91 Å². The second kappa shape index (κ2) is 8.32. The molecule has 0 radical (unpaired) electrons. The number of allylic oxidation sites excluding steroid dienone is 1. The van der Waals surface area contributed by atoms with Crippen LogP contribution in [0, 0.1) is 11.3 Å². The molecule has 2 N–H and O–H groups in total. The van der Waals surface area contributed by atoms with Crippen molar-refractivity contribution in [3.8, 4) is 0 Å². The second-order valence-electron chi connectivity index (χ2n) is 8.11. The number of hydrogen-bond donors (Lipinski definition) is 1. The van der Waals surface area contributed by atoms with E-state index in [1.54, 1.807) is 6.08 Å². The van der Waals surface area contributed by atoms with Crippen LogP contribution in [-0.4, -0.2) is 18.4 Å². The number of benzene rings is 1. The van der Waals surface area contributed by atoms with E-state index in [-0.39, 0.29) is 23.1 Å². The van der Waals surface area contributed by atoms with Gasteiger partial charge in [-0.3, -0.25) is 9.59 Å². The van der Waals surface area contributed by atoms with Crippen molar-refractivity contribution in [2.75, 3.05) is 11.4 Å². The summed E-state index contributed by atoms with van der Waals surface area (Å²) in [6.45, 7) is 7.33. The minimum Gasteiger partial charge on any atom is -0.370 e. The molecule has 0 saturated carbocycles. The molecule has 4 nitrogen and oxygen atoms in total. The molecule has 0 saturated heterocycles. The zero-order valence-electron chi connectivity index (χ0n) is 15.6. The van der Waals surface area contributed by atoms with Gasteiger partial charge >= 0.3 is 0 Å². The highest BCUT2D eigenvalue weighted by Crippen LogP contribution is 2.30. The highest BCUT2D eigenvalue weighted by atomic mass is 16.2. The van der Waals surface area contributed by atoms with Crippen LogP contribution < -0.4 is 10.6 Å². The fraction of sp³-hybridized carbons (Fsp3) is 0.524. The van der Waals surface area contributed by atoms with E-state index in [0.29, 0.717) is 6.42 Å². The third kappa shape index (κ3) is 6.04. The van der Waals surface area contributed by atoms with Gasteiger partial charge in [-0.2, -0.15) is 0 Å². The Labute approximate surface area is 151 Å². The summed E-state index contributed by atoms with van der Waals surface area (Å²) in [5.41, 5.74) is 7.67. The molecule has 2 amide bonds. The van der Waals surface area contributed by atoms with Gasteiger partial charge in [-0.1, -0.05) is 45.0 Å². The lowest BCUT2D eigenvalue weighted by atomic mass is 9.82. The van der Waals surface area contributed by atoms with Gasteiger partial charge in [0.05, 0.1) is 0 Å². The van der Waals surface area contributed by atoms with Crippen LogP contribution in [0.3, 0.4) is 0 Å². The summed E-state index contributed by atoms with van der Waals surface area (Å²) in [7, 11) is 0. The van der Waals surface area contributed by atoms with Gasteiger partial charge in [0.25, 0.3) is 5.91 Å². The minimum absolute atomic E-state index is 0.0405. The number of carbonyl (C=O) groups excluding carboxylic acids is 2. The largest absolute Gasteiger partial charge is 0.370 e. The van der Waals surface area contributed by atoms with Gasteiger partial charge in [-0.25, -0.2) is 0 Å². The molecule has 0 spiro atoms. The van der Waals surface area contributed by atoms with Crippen LogP contribution in [0.15, 0.2) is 36.4 Å². The fourth-order valence-electron chi connectivity index (χ4n) is 3.47. The topological polar surface area (TPSA) is 63.4 Å². The number of carbonyl (C=O) groups is 2. The van der Waals surface area contributed by atoms with Crippen molar-refractivity contribution in [3.05, 3.63) is 42.0 Å². The van der Waals surface area contributed by atoms with E-state index in [4.69, 9.17) is 5.73 Å². The molecule has 1 aliphatic heterocycles.